The van der Waals surface area contributed by atoms with Crippen LogP contribution in [0.15, 0.2) is 12.4 Å². The molecule has 0 bridgehead atoms. The van der Waals surface area contributed by atoms with Crippen molar-refractivity contribution in [1.29, 1.82) is 0 Å². The molecule has 148 valence electrons. The van der Waals surface area contributed by atoms with Gasteiger partial charge in [0.15, 0.2) is 5.82 Å². The van der Waals surface area contributed by atoms with Gasteiger partial charge in [-0.2, -0.15) is 0 Å². The van der Waals surface area contributed by atoms with Crippen LogP contribution in [0, 0.1) is 11.7 Å². The minimum absolute atomic E-state index is 0.00386. The molecule has 2 saturated carbocycles. The zero-order chi connectivity index (χ0) is 19.2. The maximum Gasteiger partial charge on any atom is 0.410 e. The summed E-state index contributed by atoms with van der Waals surface area (Å²) in [5, 5.41) is 0. The predicted octanol–water partition coefficient (Wildman–Crippen LogP) is 2.00. The van der Waals surface area contributed by atoms with Crippen LogP contribution >= 0.6 is 0 Å². The molecule has 0 aromatic carbocycles. The van der Waals surface area contributed by atoms with Crippen molar-refractivity contribution in [3.63, 3.8) is 0 Å². The van der Waals surface area contributed by atoms with Crippen molar-refractivity contribution in [1.82, 2.24) is 14.9 Å². The molecule has 3 aliphatic rings. The number of carbonyl (C=O) groups excluding carboxylic acids is 1. The Kier molecular flexibility index (Phi) is 4.80. The summed E-state index contributed by atoms with van der Waals surface area (Å²) in [5.74, 6) is 0.840. The Hall–Kier alpha value is -1.80. The topological polar surface area (TPSA) is 90.6 Å². The van der Waals surface area contributed by atoms with Gasteiger partial charge in [-0.05, 0) is 44.9 Å². The first-order valence-electron chi connectivity index (χ1n) is 9.66. The minimum Gasteiger partial charge on any atom is -0.453 e. The molecule has 1 aromatic heterocycles. The monoisotopic (exact) mass is 378 g/mol. The Bertz CT molecular complexity index is 703. The van der Waals surface area contributed by atoms with Gasteiger partial charge in [0, 0.05) is 17.5 Å². The maximum atomic E-state index is 13.1. The molecule has 1 amide bonds. The number of amides is 1. The molecule has 0 unspecified atom stereocenters. The number of hydrogen-bond donors (Lipinski definition) is 1. The fraction of sp³-hybridized carbons (Fsp3) is 0.737. The highest BCUT2D eigenvalue weighted by Gasteiger charge is 2.60. The first-order valence-corrected chi connectivity index (χ1v) is 9.66. The Labute approximate surface area is 158 Å². The number of likely N-dealkylation sites (tertiary alicyclic amines) is 1. The highest BCUT2D eigenvalue weighted by Crippen LogP contribution is 2.61. The summed E-state index contributed by atoms with van der Waals surface area (Å²) < 4.78 is 24.2. The summed E-state index contributed by atoms with van der Waals surface area (Å²) in [6.07, 6.45) is 6.88. The van der Waals surface area contributed by atoms with E-state index in [1.165, 1.54) is 19.5 Å². The third kappa shape index (κ3) is 3.29. The fourth-order valence-electron chi connectivity index (χ4n) is 5.01. The number of halogens is 1. The van der Waals surface area contributed by atoms with E-state index in [0.29, 0.717) is 12.5 Å². The SMILES string of the molecule is COC(=O)N1[C@H](C)C[C@H](N)[C@@H]1CO[C@@H]1CC[C@]2(c3ncc(F)cn3)C[C@@H]2C1. The van der Waals surface area contributed by atoms with Crippen molar-refractivity contribution in [2.75, 3.05) is 13.7 Å². The average molecular weight is 378 g/mol. The fourth-order valence-corrected chi connectivity index (χ4v) is 5.01. The standard InChI is InChI=1S/C19H27FN4O3/c1-11-5-15(21)16(24(11)18(25)26-2)10-27-14-3-4-19(7-12(19)6-14)17-22-8-13(20)9-23-17/h8-9,11-12,14-16H,3-7,10,21H2,1-2H3/t11-,12+,14-,15+,16+,19+/m1/s1. The van der Waals surface area contributed by atoms with Gasteiger partial charge in [0.1, 0.15) is 5.82 Å². The van der Waals surface area contributed by atoms with Crippen LogP contribution in [0.25, 0.3) is 0 Å². The third-order valence-corrected chi connectivity index (χ3v) is 6.59. The number of rotatable bonds is 4. The van der Waals surface area contributed by atoms with Crippen LogP contribution in [-0.2, 0) is 14.9 Å². The number of methoxy groups -OCH3 is 1. The molecule has 1 saturated heterocycles. The highest BCUT2D eigenvalue weighted by atomic mass is 19.1. The highest BCUT2D eigenvalue weighted by molar-refractivity contribution is 5.69. The number of hydrogen-bond acceptors (Lipinski definition) is 6. The second-order valence-corrected chi connectivity index (χ2v) is 8.21. The lowest BCUT2D eigenvalue weighted by molar-refractivity contribution is -0.00958. The minimum atomic E-state index is -0.401. The molecule has 4 rings (SSSR count). The molecule has 3 fully saturated rings. The van der Waals surface area contributed by atoms with Gasteiger partial charge in [-0.1, -0.05) is 0 Å². The number of aromatic nitrogens is 2. The molecule has 8 heteroatoms. The van der Waals surface area contributed by atoms with Crippen molar-refractivity contribution in [3.05, 3.63) is 24.0 Å². The van der Waals surface area contributed by atoms with E-state index < -0.39 is 5.82 Å². The van der Waals surface area contributed by atoms with E-state index in [4.69, 9.17) is 15.2 Å². The van der Waals surface area contributed by atoms with Crippen molar-refractivity contribution in [3.8, 4) is 0 Å². The Morgan fingerprint density at radius 3 is 2.81 bits per heavy atom. The van der Waals surface area contributed by atoms with Gasteiger partial charge in [-0.15, -0.1) is 0 Å². The first-order chi connectivity index (χ1) is 12.9. The van der Waals surface area contributed by atoms with Crippen molar-refractivity contribution < 1.29 is 18.7 Å². The zero-order valence-electron chi connectivity index (χ0n) is 15.8. The van der Waals surface area contributed by atoms with Gasteiger partial charge < -0.3 is 15.2 Å². The number of fused-ring (bicyclic) bond motifs is 1. The number of carbonyl (C=O) groups is 1. The summed E-state index contributed by atoms with van der Waals surface area (Å²) in [5.41, 5.74) is 6.24. The Morgan fingerprint density at radius 1 is 1.41 bits per heavy atom. The van der Waals surface area contributed by atoms with Crippen molar-refractivity contribution >= 4 is 6.09 Å². The molecular weight excluding hydrogens is 351 g/mol. The zero-order valence-corrected chi connectivity index (χ0v) is 15.8. The van der Waals surface area contributed by atoms with E-state index in [-0.39, 0.29) is 35.7 Å². The molecule has 6 atom stereocenters. The number of ether oxygens (including phenoxy) is 2. The van der Waals surface area contributed by atoms with Crippen LogP contribution < -0.4 is 5.73 Å². The molecule has 2 heterocycles. The summed E-state index contributed by atoms with van der Waals surface area (Å²) in [4.78, 5) is 22.2. The quantitative estimate of drug-likeness (QED) is 0.862. The van der Waals surface area contributed by atoms with E-state index in [2.05, 4.69) is 9.97 Å². The van der Waals surface area contributed by atoms with E-state index in [0.717, 1.165) is 37.9 Å². The second kappa shape index (κ2) is 6.98. The molecule has 2 N–H and O–H groups in total. The van der Waals surface area contributed by atoms with Crippen molar-refractivity contribution in [2.24, 2.45) is 11.7 Å². The first kappa shape index (κ1) is 18.6. The van der Waals surface area contributed by atoms with Crippen LogP contribution in [-0.4, -0.2) is 58.9 Å². The summed E-state index contributed by atoms with van der Waals surface area (Å²) in [6.45, 7) is 2.41. The smallest absolute Gasteiger partial charge is 0.410 e. The molecule has 2 aliphatic carbocycles. The second-order valence-electron chi connectivity index (χ2n) is 8.21. The predicted molar refractivity (Wildman–Crippen MR) is 95.5 cm³/mol. The average Bonchev–Trinajstić information content (AvgIpc) is 3.32. The molecule has 27 heavy (non-hydrogen) atoms. The van der Waals surface area contributed by atoms with Crippen LogP contribution in [0.3, 0.4) is 0 Å². The van der Waals surface area contributed by atoms with Gasteiger partial charge in [0.2, 0.25) is 0 Å². The largest absolute Gasteiger partial charge is 0.453 e. The lowest BCUT2D eigenvalue weighted by atomic mass is 9.86. The van der Waals surface area contributed by atoms with Gasteiger partial charge in [0.25, 0.3) is 0 Å². The third-order valence-electron chi connectivity index (χ3n) is 6.59. The molecule has 7 nitrogen and oxygen atoms in total. The molecule has 1 aromatic rings. The van der Waals surface area contributed by atoms with E-state index in [9.17, 15) is 9.18 Å². The lowest BCUT2D eigenvalue weighted by Gasteiger charge is -2.32. The Morgan fingerprint density at radius 2 is 2.15 bits per heavy atom. The van der Waals surface area contributed by atoms with Gasteiger partial charge in [0.05, 0.1) is 38.3 Å². The van der Waals surface area contributed by atoms with Crippen LogP contribution in [0.5, 0.6) is 0 Å². The molecule has 0 spiro atoms. The molecule has 0 radical (unpaired) electrons. The van der Waals surface area contributed by atoms with Crippen LogP contribution in [0.1, 0.15) is 44.9 Å². The maximum absolute atomic E-state index is 13.1. The summed E-state index contributed by atoms with van der Waals surface area (Å²) >= 11 is 0. The molecule has 1 aliphatic heterocycles. The van der Waals surface area contributed by atoms with Crippen molar-refractivity contribution in [2.45, 2.75) is 68.7 Å². The number of nitrogens with zero attached hydrogens (tertiary/aromatic N) is 3. The van der Waals surface area contributed by atoms with Crippen LogP contribution in [0.2, 0.25) is 0 Å². The summed E-state index contributed by atoms with van der Waals surface area (Å²) in [6, 6.07) is -0.201. The molecular formula is C19H27FN4O3. The van der Waals surface area contributed by atoms with Gasteiger partial charge >= 0.3 is 6.09 Å². The van der Waals surface area contributed by atoms with E-state index >= 15 is 0 Å². The normalized spacial score (nSPS) is 37.8. The van der Waals surface area contributed by atoms with E-state index in [1.54, 1.807) is 4.90 Å². The van der Waals surface area contributed by atoms with E-state index in [1.807, 2.05) is 6.92 Å². The van der Waals surface area contributed by atoms with Crippen LogP contribution in [0.4, 0.5) is 9.18 Å². The van der Waals surface area contributed by atoms with Gasteiger partial charge in [-0.3, -0.25) is 4.90 Å². The van der Waals surface area contributed by atoms with Gasteiger partial charge in [-0.25, -0.2) is 19.2 Å². The Balaban J connectivity index is 1.34. The lowest BCUT2D eigenvalue weighted by Crippen LogP contribution is -2.48. The number of nitrogens with two attached hydrogens (primary N) is 1. The summed E-state index contributed by atoms with van der Waals surface area (Å²) in [7, 11) is 1.39.